The van der Waals surface area contributed by atoms with Gasteiger partial charge in [0.15, 0.2) is 11.2 Å². The number of primary amides is 1. The van der Waals surface area contributed by atoms with E-state index in [2.05, 4.69) is 4.98 Å². The normalized spacial score (nSPS) is 13.2. The number of hydrogen-bond donors (Lipinski definition) is 2. The number of rotatable bonds is 7. The van der Waals surface area contributed by atoms with E-state index >= 15 is 0 Å². The summed E-state index contributed by atoms with van der Waals surface area (Å²) in [6, 6.07) is 27.3. The van der Waals surface area contributed by atoms with Crippen LogP contribution in [-0.4, -0.2) is 28.4 Å². The lowest BCUT2D eigenvalue weighted by molar-refractivity contribution is -0.133. The van der Waals surface area contributed by atoms with Crippen molar-refractivity contribution < 1.29 is 18.3 Å². The minimum Gasteiger partial charge on any atom is -0.372 e. The van der Waals surface area contributed by atoms with Crippen LogP contribution in [-0.2, 0) is 20.4 Å². The first-order valence-corrected chi connectivity index (χ1v) is 14.7. The molecule has 0 spiro atoms. The standard InChI is InChI=1S/C31H23N3O4S2/c32-30(35)31(36,24-9-3-1-4-10-24)25-11-7-8-21(16-25)28-19-34(40(37,38)26-12-5-2-6-13-26)29-27(28)17-23(18-33-29)22-14-15-39-20-22/h1-20,36H,(H2,32,35). The van der Waals surface area contributed by atoms with E-state index in [1.165, 1.54) is 22.3 Å². The third kappa shape index (κ3) is 4.21. The molecule has 0 bridgehead atoms. The van der Waals surface area contributed by atoms with E-state index < -0.39 is 21.5 Å². The molecule has 0 fully saturated rings. The molecule has 3 N–H and O–H groups in total. The molecule has 1 amide bonds. The second-order valence-corrected chi connectivity index (χ2v) is 11.9. The summed E-state index contributed by atoms with van der Waals surface area (Å²) in [6.45, 7) is 0. The van der Waals surface area contributed by atoms with Gasteiger partial charge in [-0.15, -0.1) is 0 Å². The number of aromatic nitrogens is 2. The predicted molar refractivity (Wildman–Crippen MR) is 156 cm³/mol. The van der Waals surface area contributed by atoms with Gasteiger partial charge in [0, 0.05) is 28.9 Å². The van der Waals surface area contributed by atoms with Crippen LogP contribution in [0, 0.1) is 0 Å². The molecule has 198 valence electrons. The molecule has 0 aliphatic carbocycles. The monoisotopic (exact) mass is 565 g/mol. The average molecular weight is 566 g/mol. The Kier molecular flexibility index (Phi) is 6.34. The number of amides is 1. The Bertz CT molecular complexity index is 1950. The molecule has 9 heteroatoms. The van der Waals surface area contributed by atoms with E-state index in [0.717, 1.165) is 11.1 Å². The molecule has 0 saturated heterocycles. The number of nitrogens with zero attached hydrogens (tertiary/aromatic N) is 2. The quantitative estimate of drug-likeness (QED) is 0.269. The van der Waals surface area contributed by atoms with Crippen molar-refractivity contribution in [1.82, 2.24) is 8.96 Å². The Balaban J connectivity index is 1.59. The molecule has 0 radical (unpaired) electrons. The summed E-state index contributed by atoms with van der Waals surface area (Å²) in [4.78, 5) is 17.3. The number of hydrogen-bond acceptors (Lipinski definition) is 6. The summed E-state index contributed by atoms with van der Waals surface area (Å²) in [6.07, 6.45) is 3.19. The van der Waals surface area contributed by atoms with Gasteiger partial charge in [0.25, 0.3) is 15.9 Å². The van der Waals surface area contributed by atoms with Gasteiger partial charge in [0.1, 0.15) is 0 Å². The molecule has 6 rings (SSSR count). The Morgan fingerprint density at radius 1 is 0.850 bits per heavy atom. The van der Waals surface area contributed by atoms with Crippen LogP contribution in [0.4, 0.5) is 0 Å². The zero-order valence-electron chi connectivity index (χ0n) is 21.0. The second kappa shape index (κ2) is 9.87. The molecule has 0 aliphatic heterocycles. The molecule has 0 saturated carbocycles. The lowest BCUT2D eigenvalue weighted by atomic mass is 9.84. The van der Waals surface area contributed by atoms with Gasteiger partial charge in [0.2, 0.25) is 0 Å². The SMILES string of the molecule is NC(=O)C(O)(c1ccccc1)c1cccc(-c2cn(S(=O)(=O)c3ccccc3)c3ncc(-c4ccsc4)cc23)c1. The van der Waals surface area contributed by atoms with Gasteiger partial charge in [-0.3, -0.25) is 4.79 Å². The molecule has 3 heterocycles. The van der Waals surface area contributed by atoms with Crippen molar-refractivity contribution in [2.75, 3.05) is 0 Å². The van der Waals surface area contributed by atoms with Crippen molar-refractivity contribution in [2.45, 2.75) is 10.5 Å². The number of carbonyl (C=O) groups excluding carboxylic acids is 1. The van der Waals surface area contributed by atoms with E-state index in [0.29, 0.717) is 22.1 Å². The highest BCUT2D eigenvalue weighted by molar-refractivity contribution is 7.90. The second-order valence-electron chi connectivity index (χ2n) is 9.29. The Morgan fingerprint density at radius 3 is 2.23 bits per heavy atom. The van der Waals surface area contributed by atoms with Crippen LogP contribution in [0.1, 0.15) is 11.1 Å². The predicted octanol–water partition coefficient (Wildman–Crippen LogP) is 5.39. The first-order valence-electron chi connectivity index (χ1n) is 12.3. The number of pyridine rings is 1. The molecule has 1 unspecified atom stereocenters. The molecule has 3 aromatic carbocycles. The highest BCUT2D eigenvalue weighted by Crippen LogP contribution is 2.37. The van der Waals surface area contributed by atoms with Crippen molar-refractivity contribution in [3.63, 3.8) is 0 Å². The van der Waals surface area contributed by atoms with Gasteiger partial charge < -0.3 is 10.8 Å². The number of aliphatic hydroxyl groups is 1. The molecule has 0 aliphatic rings. The van der Waals surface area contributed by atoms with Gasteiger partial charge >= 0.3 is 0 Å². The maximum atomic E-state index is 13.7. The van der Waals surface area contributed by atoms with Gasteiger partial charge in [-0.2, -0.15) is 11.3 Å². The summed E-state index contributed by atoms with van der Waals surface area (Å²) in [5.74, 6) is -0.925. The Hall–Kier alpha value is -4.57. The van der Waals surface area contributed by atoms with Crippen LogP contribution in [0.25, 0.3) is 33.3 Å². The van der Waals surface area contributed by atoms with Crippen LogP contribution in [0.15, 0.2) is 125 Å². The minimum absolute atomic E-state index is 0.128. The van der Waals surface area contributed by atoms with Gasteiger partial charge in [-0.1, -0.05) is 66.7 Å². The molecular weight excluding hydrogens is 542 g/mol. The van der Waals surface area contributed by atoms with Crippen molar-refractivity contribution >= 4 is 38.3 Å². The average Bonchev–Trinajstić information content (AvgIpc) is 3.66. The summed E-state index contributed by atoms with van der Waals surface area (Å²) in [5.41, 5.74) is 7.45. The fourth-order valence-corrected chi connectivity index (χ4v) is 6.84. The van der Waals surface area contributed by atoms with Gasteiger partial charge in [0.05, 0.1) is 4.90 Å². The van der Waals surface area contributed by atoms with Crippen LogP contribution in [0.5, 0.6) is 0 Å². The van der Waals surface area contributed by atoms with Gasteiger partial charge in [-0.25, -0.2) is 17.4 Å². The number of nitrogens with two attached hydrogens (primary N) is 1. The van der Waals surface area contributed by atoms with Gasteiger partial charge in [-0.05, 0) is 63.3 Å². The summed E-state index contributed by atoms with van der Waals surface area (Å²) >= 11 is 1.55. The number of benzene rings is 3. The fraction of sp³-hybridized carbons (Fsp3) is 0.0323. The first kappa shape index (κ1) is 25.7. The van der Waals surface area contributed by atoms with Crippen LogP contribution < -0.4 is 5.73 Å². The lowest BCUT2D eigenvalue weighted by Gasteiger charge is -2.26. The van der Waals surface area contributed by atoms with Crippen molar-refractivity contribution in [1.29, 1.82) is 0 Å². The topological polar surface area (TPSA) is 115 Å². The third-order valence-corrected chi connectivity index (χ3v) is 9.25. The van der Waals surface area contributed by atoms with Crippen LogP contribution in [0.3, 0.4) is 0 Å². The summed E-state index contributed by atoms with van der Waals surface area (Å²) < 4.78 is 28.6. The van der Waals surface area contributed by atoms with Crippen LogP contribution >= 0.6 is 11.3 Å². The van der Waals surface area contributed by atoms with E-state index in [1.54, 1.807) is 90.3 Å². The Labute approximate surface area is 234 Å². The van der Waals surface area contributed by atoms with E-state index in [-0.39, 0.29) is 16.1 Å². The van der Waals surface area contributed by atoms with E-state index in [4.69, 9.17) is 5.73 Å². The number of fused-ring (bicyclic) bond motifs is 1. The van der Waals surface area contributed by atoms with Crippen molar-refractivity contribution in [3.8, 4) is 22.3 Å². The zero-order valence-corrected chi connectivity index (χ0v) is 22.6. The zero-order chi connectivity index (χ0) is 27.9. The summed E-state index contributed by atoms with van der Waals surface area (Å²) in [7, 11) is -3.98. The molecule has 3 aromatic heterocycles. The maximum Gasteiger partial charge on any atom is 0.269 e. The highest BCUT2D eigenvalue weighted by atomic mass is 32.2. The molecule has 1 atom stereocenters. The number of thiophene rings is 1. The fourth-order valence-electron chi connectivity index (χ4n) is 4.83. The molecule has 40 heavy (non-hydrogen) atoms. The number of carbonyl (C=O) groups is 1. The van der Waals surface area contributed by atoms with Crippen molar-refractivity contribution in [2.24, 2.45) is 5.73 Å². The first-order chi connectivity index (χ1) is 19.3. The highest BCUT2D eigenvalue weighted by Gasteiger charge is 2.38. The Morgan fingerprint density at radius 2 is 1.55 bits per heavy atom. The molecule has 7 nitrogen and oxygen atoms in total. The molecule has 6 aromatic rings. The lowest BCUT2D eigenvalue weighted by Crippen LogP contribution is -2.42. The van der Waals surface area contributed by atoms with Crippen LogP contribution in [0.2, 0.25) is 0 Å². The third-order valence-electron chi connectivity index (χ3n) is 6.91. The summed E-state index contributed by atoms with van der Waals surface area (Å²) in [5, 5.41) is 16.1. The molecular formula is C31H23N3O4S2. The smallest absolute Gasteiger partial charge is 0.269 e. The van der Waals surface area contributed by atoms with E-state index in [1.807, 2.05) is 22.9 Å². The van der Waals surface area contributed by atoms with E-state index in [9.17, 15) is 18.3 Å². The maximum absolute atomic E-state index is 13.7. The van der Waals surface area contributed by atoms with Crippen molar-refractivity contribution in [3.05, 3.63) is 131 Å². The minimum atomic E-state index is -3.98. The largest absolute Gasteiger partial charge is 0.372 e.